The molecule has 0 amide bonds. The standard InChI is InChI=1S/C16H14O2.C2H6/c1-11-13(9-17)5-3-7-15(11)16-8-4-6-14(10-18)12(16)2;1-2/h3-10H,1-2H3;1-2H3. The Hall–Kier alpha value is -2.22. The zero-order valence-corrected chi connectivity index (χ0v) is 12.4. The van der Waals surface area contributed by atoms with E-state index in [1.54, 1.807) is 12.1 Å². The molecule has 0 saturated carbocycles. The van der Waals surface area contributed by atoms with Gasteiger partial charge in [0.25, 0.3) is 0 Å². The van der Waals surface area contributed by atoms with E-state index in [1.165, 1.54) is 0 Å². The minimum absolute atomic E-state index is 0.684. The van der Waals surface area contributed by atoms with E-state index in [9.17, 15) is 9.59 Å². The van der Waals surface area contributed by atoms with Crippen molar-refractivity contribution in [1.82, 2.24) is 0 Å². The van der Waals surface area contributed by atoms with Crippen molar-refractivity contribution in [3.63, 3.8) is 0 Å². The zero-order valence-electron chi connectivity index (χ0n) is 12.4. The molecule has 104 valence electrons. The molecule has 2 rings (SSSR count). The average molecular weight is 268 g/mol. The monoisotopic (exact) mass is 268 g/mol. The molecule has 0 aliphatic heterocycles. The van der Waals surface area contributed by atoms with E-state index in [-0.39, 0.29) is 0 Å². The van der Waals surface area contributed by atoms with Gasteiger partial charge in [0.15, 0.2) is 0 Å². The van der Waals surface area contributed by atoms with Crippen molar-refractivity contribution in [3.8, 4) is 11.1 Å². The summed E-state index contributed by atoms with van der Waals surface area (Å²) >= 11 is 0. The van der Waals surface area contributed by atoms with Gasteiger partial charge in [-0.15, -0.1) is 0 Å². The lowest BCUT2D eigenvalue weighted by molar-refractivity contribution is 0.111. The van der Waals surface area contributed by atoms with Crippen LogP contribution < -0.4 is 0 Å². The van der Waals surface area contributed by atoms with Gasteiger partial charge in [-0.05, 0) is 36.1 Å². The first-order valence-corrected chi connectivity index (χ1v) is 6.79. The van der Waals surface area contributed by atoms with Crippen LogP contribution in [0.3, 0.4) is 0 Å². The van der Waals surface area contributed by atoms with Crippen LogP contribution in [0.25, 0.3) is 11.1 Å². The Bertz CT molecular complexity index is 557. The summed E-state index contributed by atoms with van der Waals surface area (Å²) in [6.45, 7) is 7.85. The molecule has 0 saturated heterocycles. The highest BCUT2D eigenvalue weighted by Crippen LogP contribution is 2.29. The van der Waals surface area contributed by atoms with Gasteiger partial charge in [-0.2, -0.15) is 0 Å². The van der Waals surface area contributed by atoms with Crippen molar-refractivity contribution in [2.75, 3.05) is 0 Å². The van der Waals surface area contributed by atoms with E-state index < -0.39 is 0 Å². The lowest BCUT2D eigenvalue weighted by Crippen LogP contribution is -1.94. The number of rotatable bonds is 3. The van der Waals surface area contributed by atoms with Crippen LogP contribution in [-0.4, -0.2) is 12.6 Å². The first-order valence-electron chi connectivity index (χ1n) is 6.79. The maximum absolute atomic E-state index is 11.0. The first-order chi connectivity index (χ1) is 9.69. The molecule has 0 spiro atoms. The van der Waals surface area contributed by atoms with Crippen LogP contribution in [0.2, 0.25) is 0 Å². The third kappa shape index (κ3) is 3.02. The van der Waals surface area contributed by atoms with Crippen LogP contribution in [0.1, 0.15) is 45.7 Å². The van der Waals surface area contributed by atoms with Crippen LogP contribution in [0.15, 0.2) is 36.4 Å². The SMILES string of the molecule is CC.Cc1c(C=O)cccc1-c1cccc(C=O)c1C. The summed E-state index contributed by atoms with van der Waals surface area (Å²) in [5.74, 6) is 0. The predicted molar refractivity (Wildman–Crippen MR) is 83.5 cm³/mol. The van der Waals surface area contributed by atoms with Crippen molar-refractivity contribution in [3.05, 3.63) is 58.7 Å². The molecule has 0 bridgehead atoms. The fraction of sp³-hybridized carbons (Fsp3) is 0.222. The highest BCUT2D eigenvalue weighted by Gasteiger charge is 2.09. The number of carbonyl (C=O) groups excluding carboxylic acids is 2. The van der Waals surface area contributed by atoms with Crippen LogP contribution in [0, 0.1) is 13.8 Å². The summed E-state index contributed by atoms with van der Waals surface area (Å²) in [6, 6.07) is 11.3. The molecule has 0 aliphatic carbocycles. The topological polar surface area (TPSA) is 34.1 Å². The Morgan fingerprint density at radius 2 is 1.05 bits per heavy atom. The highest BCUT2D eigenvalue weighted by atomic mass is 16.1. The highest BCUT2D eigenvalue weighted by molar-refractivity contribution is 5.87. The zero-order chi connectivity index (χ0) is 15.1. The number of benzene rings is 2. The molecule has 20 heavy (non-hydrogen) atoms. The molecule has 0 heterocycles. The normalized spacial score (nSPS) is 9.40. The molecule has 2 aromatic rings. The lowest BCUT2D eigenvalue weighted by Gasteiger charge is -2.12. The summed E-state index contributed by atoms with van der Waals surface area (Å²) in [6.07, 6.45) is 1.72. The molecular formula is C18H20O2. The number of aldehydes is 2. The maximum Gasteiger partial charge on any atom is 0.150 e. The second-order valence-corrected chi connectivity index (χ2v) is 4.28. The molecule has 2 aromatic carbocycles. The molecule has 0 fully saturated rings. The minimum atomic E-state index is 0.684. The average Bonchev–Trinajstić information content (AvgIpc) is 2.50. The Morgan fingerprint density at radius 3 is 1.35 bits per heavy atom. The Kier molecular flexibility index (Phi) is 5.85. The van der Waals surface area contributed by atoms with Gasteiger partial charge >= 0.3 is 0 Å². The molecule has 2 nitrogen and oxygen atoms in total. The van der Waals surface area contributed by atoms with Crippen molar-refractivity contribution in [2.24, 2.45) is 0 Å². The Balaban J connectivity index is 0.000000956. The molecule has 2 heteroatoms. The summed E-state index contributed by atoms with van der Waals surface area (Å²) in [5, 5.41) is 0. The molecule has 0 aliphatic rings. The van der Waals surface area contributed by atoms with Gasteiger partial charge in [0.05, 0.1) is 0 Å². The van der Waals surface area contributed by atoms with Crippen LogP contribution in [0.4, 0.5) is 0 Å². The Labute approximate surface area is 120 Å². The summed E-state index contributed by atoms with van der Waals surface area (Å²) < 4.78 is 0. The smallest absolute Gasteiger partial charge is 0.150 e. The summed E-state index contributed by atoms with van der Waals surface area (Å²) in [5.41, 5.74) is 5.26. The van der Waals surface area contributed by atoms with Gasteiger partial charge in [-0.1, -0.05) is 50.2 Å². The quantitative estimate of drug-likeness (QED) is 0.761. The predicted octanol–water partition coefficient (Wildman–Crippen LogP) is 4.62. The number of hydrogen-bond acceptors (Lipinski definition) is 2. The fourth-order valence-corrected chi connectivity index (χ4v) is 2.15. The van der Waals surface area contributed by atoms with Crippen LogP contribution >= 0.6 is 0 Å². The van der Waals surface area contributed by atoms with E-state index in [2.05, 4.69) is 0 Å². The second kappa shape index (κ2) is 7.39. The second-order valence-electron chi connectivity index (χ2n) is 4.28. The van der Waals surface area contributed by atoms with Gasteiger partial charge in [-0.3, -0.25) is 9.59 Å². The van der Waals surface area contributed by atoms with Crippen LogP contribution in [0.5, 0.6) is 0 Å². The maximum atomic E-state index is 11.0. The van der Waals surface area contributed by atoms with Crippen molar-refractivity contribution in [2.45, 2.75) is 27.7 Å². The Morgan fingerprint density at radius 1 is 0.700 bits per heavy atom. The van der Waals surface area contributed by atoms with Gasteiger partial charge in [-0.25, -0.2) is 0 Å². The summed E-state index contributed by atoms with van der Waals surface area (Å²) in [7, 11) is 0. The fourth-order valence-electron chi connectivity index (χ4n) is 2.15. The minimum Gasteiger partial charge on any atom is -0.298 e. The third-order valence-corrected chi connectivity index (χ3v) is 3.30. The van der Waals surface area contributed by atoms with Crippen molar-refractivity contribution in [1.29, 1.82) is 0 Å². The molecule has 0 unspecified atom stereocenters. The van der Waals surface area contributed by atoms with Gasteiger partial charge in [0, 0.05) is 11.1 Å². The summed E-state index contributed by atoms with van der Waals surface area (Å²) in [4.78, 5) is 21.9. The first kappa shape index (κ1) is 15.8. The van der Waals surface area contributed by atoms with Gasteiger partial charge in [0.1, 0.15) is 12.6 Å². The van der Waals surface area contributed by atoms with Crippen LogP contribution in [-0.2, 0) is 0 Å². The molecule has 0 aromatic heterocycles. The largest absolute Gasteiger partial charge is 0.298 e. The molecular weight excluding hydrogens is 248 g/mol. The number of hydrogen-bond donors (Lipinski definition) is 0. The van der Waals surface area contributed by atoms with Gasteiger partial charge < -0.3 is 0 Å². The van der Waals surface area contributed by atoms with E-state index >= 15 is 0 Å². The van der Waals surface area contributed by atoms with E-state index in [1.807, 2.05) is 52.0 Å². The van der Waals surface area contributed by atoms with Crippen molar-refractivity contribution >= 4 is 12.6 Å². The lowest BCUT2D eigenvalue weighted by atomic mass is 9.92. The molecule has 0 radical (unpaired) electrons. The van der Waals surface area contributed by atoms with Gasteiger partial charge in [0.2, 0.25) is 0 Å². The van der Waals surface area contributed by atoms with Crippen molar-refractivity contribution < 1.29 is 9.59 Å². The number of carbonyl (C=O) groups is 2. The molecule has 0 atom stereocenters. The molecule has 0 N–H and O–H groups in total. The third-order valence-electron chi connectivity index (χ3n) is 3.30. The van der Waals surface area contributed by atoms with E-state index in [4.69, 9.17) is 0 Å². The van der Waals surface area contributed by atoms with E-state index in [0.717, 1.165) is 34.8 Å². The van der Waals surface area contributed by atoms with E-state index in [0.29, 0.717) is 11.1 Å².